The van der Waals surface area contributed by atoms with Crippen molar-refractivity contribution in [3.05, 3.63) is 47.6 Å². The number of benzene rings is 1. The first kappa shape index (κ1) is 17.9. The van der Waals surface area contributed by atoms with E-state index in [0.29, 0.717) is 23.0 Å². The quantitative estimate of drug-likeness (QED) is 0.625. The molecule has 5 rings (SSSR count). The summed E-state index contributed by atoms with van der Waals surface area (Å²) in [6.45, 7) is 1.70. The normalized spacial score (nSPS) is 18.7. The zero-order chi connectivity index (χ0) is 21.0. The van der Waals surface area contributed by atoms with Crippen LogP contribution in [0.15, 0.2) is 35.0 Å². The summed E-state index contributed by atoms with van der Waals surface area (Å²) in [5.74, 6) is -1.40. The van der Waals surface area contributed by atoms with Gasteiger partial charge in [-0.25, -0.2) is 9.67 Å². The van der Waals surface area contributed by atoms with Crippen LogP contribution in [0.3, 0.4) is 0 Å². The lowest BCUT2D eigenvalue weighted by molar-refractivity contribution is -0.136. The summed E-state index contributed by atoms with van der Waals surface area (Å²) >= 11 is 0. The summed E-state index contributed by atoms with van der Waals surface area (Å²) < 4.78 is 6.80. The van der Waals surface area contributed by atoms with Gasteiger partial charge in [-0.15, -0.1) is 5.10 Å². The maximum Gasteiger partial charge on any atom is 0.264 e. The Morgan fingerprint density at radius 3 is 2.73 bits per heavy atom. The fourth-order valence-corrected chi connectivity index (χ4v) is 3.66. The first-order chi connectivity index (χ1) is 14.4. The number of nitrogens with zero attached hydrogens (tertiary/aromatic N) is 5. The van der Waals surface area contributed by atoms with Gasteiger partial charge in [0, 0.05) is 13.3 Å². The van der Waals surface area contributed by atoms with Crippen LogP contribution in [0.4, 0.5) is 0 Å². The van der Waals surface area contributed by atoms with E-state index < -0.39 is 29.7 Å². The fourth-order valence-electron chi connectivity index (χ4n) is 3.66. The van der Waals surface area contributed by atoms with Crippen LogP contribution in [0, 0.1) is 6.92 Å². The largest absolute Gasteiger partial charge is 0.439 e. The van der Waals surface area contributed by atoms with Crippen LogP contribution in [0.5, 0.6) is 0 Å². The second-order valence-electron chi connectivity index (χ2n) is 6.94. The summed E-state index contributed by atoms with van der Waals surface area (Å²) in [5, 5.41) is 10.3. The molecule has 1 saturated heterocycles. The van der Waals surface area contributed by atoms with Crippen molar-refractivity contribution in [3.63, 3.8) is 0 Å². The van der Waals surface area contributed by atoms with Crippen LogP contribution < -0.4 is 5.32 Å². The highest BCUT2D eigenvalue weighted by Gasteiger charge is 2.45. The van der Waals surface area contributed by atoms with Crippen LogP contribution in [0.1, 0.15) is 39.4 Å². The van der Waals surface area contributed by atoms with Crippen LogP contribution in [-0.4, -0.2) is 54.5 Å². The molecule has 30 heavy (non-hydrogen) atoms. The topological polar surface area (TPSA) is 140 Å². The van der Waals surface area contributed by atoms with Crippen molar-refractivity contribution in [1.29, 1.82) is 0 Å². The standard InChI is InChI=1S/C19H14N6O5/c1-9-20-7-14(30-9)11-8-24(23-22-11)12-4-2-3-10-16(12)19(29)25(18(10)28)13-5-6-15(26)21-17(13)27/h2-4,7-8,13H,5-6H2,1H3,(H,21,26,27). The lowest BCUT2D eigenvalue weighted by Gasteiger charge is -2.27. The highest BCUT2D eigenvalue weighted by Crippen LogP contribution is 2.31. The molecule has 0 bridgehead atoms. The molecule has 11 nitrogen and oxygen atoms in total. The Kier molecular flexibility index (Phi) is 3.85. The molecule has 4 amide bonds. The van der Waals surface area contributed by atoms with Gasteiger partial charge in [-0.2, -0.15) is 0 Å². The van der Waals surface area contributed by atoms with E-state index in [0.717, 1.165) is 4.90 Å². The third-order valence-electron chi connectivity index (χ3n) is 5.06. The number of aromatic nitrogens is 4. The summed E-state index contributed by atoms with van der Waals surface area (Å²) in [6.07, 6.45) is 3.21. The molecule has 2 aliphatic heterocycles. The SMILES string of the molecule is Cc1ncc(-c2cn(-c3cccc4c3C(=O)N(C3CCC(=O)NC3=O)C4=O)nn2)o1. The Morgan fingerprint density at radius 1 is 1.17 bits per heavy atom. The molecule has 1 unspecified atom stereocenters. The van der Waals surface area contributed by atoms with Crippen molar-refractivity contribution < 1.29 is 23.6 Å². The van der Waals surface area contributed by atoms with E-state index in [1.54, 1.807) is 25.3 Å². The molecule has 4 heterocycles. The Labute approximate surface area is 168 Å². The Bertz CT molecular complexity index is 1240. The molecule has 0 saturated carbocycles. The van der Waals surface area contributed by atoms with E-state index >= 15 is 0 Å². The number of fused-ring (bicyclic) bond motifs is 1. The number of rotatable bonds is 3. The van der Waals surface area contributed by atoms with Gasteiger partial charge in [0.1, 0.15) is 6.04 Å². The van der Waals surface area contributed by atoms with Gasteiger partial charge in [0.05, 0.1) is 29.2 Å². The maximum absolute atomic E-state index is 13.2. The summed E-state index contributed by atoms with van der Waals surface area (Å²) in [4.78, 5) is 54.7. The number of carbonyl (C=O) groups excluding carboxylic acids is 4. The fraction of sp³-hybridized carbons (Fsp3) is 0.211. The zero-order valence-electron chi connectivity index (χ0n) is 15.7. The third-order valence-corrected chi connectivity index (χ3v) is 5.06. The van der Waals surface area contributed by atoms with Gasteiger partial charge in [-0.05, 0) is 18.6 Å². The summed E-state index contributed by atoms with van der Waals surface area (Å²) in [5.41, 5.74) is 1.04. The average Bonchev–Trinajstić information content (AvgIpc) is 3.42. The molecule has 1 fully saturated rings. The summed E-state index contributed by atoms with van der Waals surface area (Å²) in [6, 6.07) is 3.73. The molecule has 1 N–H and O–H groups in total. The lowest BCUT2D eigenvalue weighted by Crippen LogP contribution is -2.54. The van der Waals surface area contributed by atoms with Crippen LogP contribution in [0.2, 0.25) is 0 Å². The van der Waals surface area contributed by atoms with Crippen molar-refractivity contribution in [1.82, 2.24) is 30.2 Å². The van der Waals surface area contributed by atoms with Crippen molar-refractivity contribution >= 4 is 23.6 Å². The van der Waals surface area contributed by atoms with Gasteiger partial charge >= 0.3 is 0 Å². The smallest absolute Gasteiger partial charge is 0.264 e. The lowest BCUT2D eigenvalue weighted by atomic mass is 10.0. The molecule has 3 aromatic rings. The molecule has 2 aliphatic rings. The molecule has 11 heteroatoms. The molecule has 0 spiro atoms. The molecule has 1 aromatic carbocycles. The number of hydrogen-bond donors (Lipinski definition) is 1. The van der Waals surface area contributed by atoms with E-state index in [1.807, 2.05) is 0 Å². The van der Waals surface area contributed by atoms with Gasteiger partial charge < -0.3 is 4.42 Å². The van der Waals surface area contributed by atoms with E-state index in [1.165, 1.54) is 16.9 Å². The number of hydrogen-bond acceptors (Lipinski definition) is 8. The Balaban J connectivity index is 1.53. The van der Waals surface area contributed by atoms with Crippen molar-refractivity contribution in [2.24, 2.45) is 0 Å². The van der Waals surface area contributed by atoms with Crippen molar-refractivity contribution in [2.75, 3.05) is 0 Å². The van der Waals surface area contributed by atoms with Crippen molar-refractivity contribution in [2.45, 2.75) is 25.8 Å². The predicted octanol–water partition coefficient (Wildman–Crippen LogP) is 0.632. The number of amides is 4. The number of carbonyl (C=O) groups is 4. The van der Waals surface area contributed by atoms with E-state index in [4.69, 9.17) is 4.42 Å². The van der Waals surface area contributed by atoms with Gasteiger partial charge in [0.25, 0.3) is 11.8 Å². The molecule has 0 radical (unpaired) electrons. The number of nitrogens with one attached hydrogen (secondary N) is 1. The second kappa shape index (κ2) is 6.44. The van der Waals surface area contributed by atoms with E-state index in [9.17, 15) is 19.2 Å². The molecule has 0 aliphatic carbocycles. The highest BCUT2D eigenvalue weighted by atomic mass is 16.4. The van der Waals surface area contributed by atoms with E-state index in [-0.39, 0.29) is 24.0 Å². The molecular weight excluding hydrogens is 392 g/mol. The molecular formula is C19H14N6O5. The maximum atomic E-state index is 13.2. The first-order valence-corrected chi connectivity index (χ1v) is 9.14. The van der Waals surface area contributed by atoms with Crippen LogP contribution >= 0.6 is 0 Å². The minimum atomic E-state index is -1.04. The number of oxazole rings is 1. The van der Waals surface area contributed by atoms with Crippen LogP contribution in [-0.2, 0) is 9.59 Å². The zero-order valence-corrected chi connectivity index (χ0v) is 15.7. The minimum Gasteiger partial charge on any atom is -0.439 e. The third kappa shape index (κ3) is 2.63. The van der Waals surface area contributed by atoms with E-state index in [2.05, 4.69) is 20.6 Å². The van der Waals surface area contributed by atoms with Gasteiger partial charge in [-0.3, -0.25) is 29.4 Å². The van der Waals surface area contributed by atoms with Crippen LogP contribution in [0.25, 0.3) is 17.1 Å². The van der Waals surface area contributed by atoms with Gasteiger partial charge in [0.15, 0.2) is 17.3 Å². The Hall–Kier alpha value is -4.15. The molecule has 1 atom stereocenters. The second-order valence-corrected chi connectivity index (χ2v) is 6.94. The number of piperidine rings is 1. The molecule has 150 valence electrons. The minimum absolute atomic E-state index is 0.0553. The number of imide groups is 2. The monoisotopic (exact) mass is 406 g/mol. The number of aryl methyl sites for hydroxylation is 1. The summed E-state index contributed by atoms with van der Waals surface area (Å²) in [7, 11) is 0. The van der Waals surface area contributed by atoms with Gasteiger partial charge in [0.2, 0.25) is 11.8 Å². The first-order valence-electron chi connectivity index (χ1n) is 9.14. The Morgan fingerprint density at radius 2 is 2.00 bits per heavy atom. The van der Waals surface area contributed by atoms with Crippen molar-refractivity contribution in [3.8, 4) is 17.1 Å². The average molecular weight is 406 g/mol. The van der Waals surface area contributed by atoms with Gasteiger partial charge in [-0.1, -0.05) is 11.3 Å². The highest BCUT2D eigenvalue weighted by molar-refractivity contribution is 6.24. The molecule has 2 aromatic heterocycles. The predicted molar refractivity (Wildman–Crippen MR) is 98.3 cm³/mol.